The van der Waals surface area contributed by atoms with Crippen molar-refractivity contribution in [3.63, 3.8) is 0 Å². The molecule has 13 heteroatoms. The van der Waals surface area contributed by atoms with E-state index >= 15 is 0 Å². The van der Waals surface area contributed by atoms with Gasteiger partial charge in [-0.2, -0.15) is 0 Å². The molecule has 0 aliphatic rings. The van der Waals surface area contributed by atoms with Crippen molar-refractivity contribution in [2.45, 2.75) is 296 Å². The number of hydrogen-bond acceptors (Lipinski definition) is 8. The van der Waals surface area contributed by atoms with E-state index in [1.807, 2.05) is 0 Å². The van der Waals surface area contributed by atoms with Crippen LogP contribution in [0.2, 0.25) is 0 Å². The number of carbonyl (C=O) groups is 6. The molecule has 13 nitrogen and oxygen atoms in total. The number of carbonyl (C=O) groups excluding carboxylic acids is 6. The summed E-state index contributed by atoms with van der Waals surface area (Å²) in [6, 6.07) is 0. The minimum Gasteiger partial charge on any atom is -0.633 e. The van der Waals surface area contributed by atoms with Crippen LogP contribution in [0.3, 0.4) is 0 Å². The molecule has 0 aromatic rings. The highest BCUT2D eigenvalue weighted by molar-refractivity contribution is 5.85. The van der Waals surface area contributed by atoms with Gasteiger partial charge in [-0.1, -0.05) is 187 Å². The van der Waals surface area contributed by atoms with Crippen molar-refractivity contribution in [2.24, 2.45) is 0 Å². The molecule has 0 atom stereocenters. The van der Waals surface area contributed by atoms with Crippen LogP contribution in [0.15, 0.2) is 0 Å². The number of rotatable bonds is 56. The fraction of sp³-hybridized carbons (Fsp3) is 0.903. The highest BCUT2D eigenvalue weighted by atomic mass is 16.5. The number of ketones is 2. The molecule has 0 aliphatic carbocycles. The zero-order valence-electron chi connectivity index (χ0n) is 50.1. The van der Waals surface area contributed by atoms with Crippen LogP contribution in [0.25, 0.3) is 0 Å². The largest absolute Gasteiger partial charge is 0.633 e. The van der Waals surface area contributed by atoms with Gasteiger partial charge in [0.05, 0.1) is 20.6 Å². The summed E-state index contributed by atoms with van der Waals surface area (Å²) in [6.45, 7) is 8.77. The van der Waals surface area contributed by atoms with Gasteiger partial charge in [0.25, 0.3) is 0 Å². The van der Waals surface area contributed by atoms with Crippen molar-refractivity contribution < 1.29 is 33.4 Å². The lowest BCUT2D eigenvalue weighted by molar-refractivity contribution is -0.840. The van der Waals surface area contributed by atoms with Gasteiger partial charge in [0, 0.05) is 77.5 Å². The lowest BCUT2D eigenvalue weighted by Gasteiger charge is -2.33. The molecule has 0 aromatic carbocycles. The van der Waals surface area contributed by atoms with E-state index in [0.717, 1.165) is 83.6 Å². The van der Waals surface area contributed by atoms with Gasteiger partial charge in [-0.05, 0) is 78.4 Å². The van der Waals surface area contributed by atoms with Crippen LogP contribution in [0, 0.1) is 5.21 Å². The van der Waals surface area contributed by atoms with Crippen molar-refractivity contribution in [2.75, 3.05) is 67.5 Å². The molecule has 0 radical (unpaired) electrons. The molecule has 0 rings (SSSR count). The number of amides is 4. The third-order valence-corrected chi connectivity index (χ3v) is 14.0. The number of quaternary nitrogens is 1. The number of nitrogens with zero attached hydrogens (tertiary/aromatic N) is 2. The van der Waals surface area contributed by atoms with Crippen LogP contribution in [0.5, 0.6) is 0 Å². The molecule has 4 amide bonds. The van der Waals surface area contributed by atoms with Gasteiger partial charge in [-0.3, -0.25) is 28.8 Å². The summed E-state index contributed by atoms with van der Waals surface area (Å²) in [7, 11) is 7.57. The Hall–Kier alpha value is -2.90. The maximum absolute atomic E-state index is 12.0. The van der Waals surface area contributed by atoms with Gasteiger partial charge in [-0.15, -0.1) is 0 Å². The molecule has 4 N–H and O–H groups in total. The van der Waals surface area contributed by atoms with Crippen LogP contribution in [-0.4, -0.2) is 112 Å². The van der Waals surface area contributed by atoms with Gasteiger partial charge in [0.1, 0.15) is 11.6 Å². The number of unbranched alkanes of at least 4 members (excludes halogenated alkanes) is 30. The fourth-order valence-corrected chi connectivity index (χ4v) is 9.08. The summed E-state index contributed by atoms with van der Waals surface area (Å²) in [5, 5.41) is 23.2. The van der Waals surface area contributed by atoms with Gasteiger partial charge in [0.15, 0.2) is 0 Å². The minimum atomic E-state index is -0.218. The molecule has 0 saturated carbocycles. The van der Waals surface area contributed by atoms with E-state index in [2.05, 4.69) is 54.1 Å². The molecule has 0 bridgehead atoms. The molecule has 75 heavy (non-hydrogen) atoms. The average Bonchev–Trinajstić information content (AvgIpc) is 3.37. The van der Waals surface area contributed by atoms with Crippen LogP contribution >= 0.6 is 0 Å². The Morgan fingerprint density at radius 1 is 0.320 bits per heavy atom. The Bertz CT molecular complexity index is 1340. The first-order chi connectivity index (χ1) is 36.2. The van der Waals surface area contributed by atoms with E-state index < -0.39 is 0 Å². The van der Waals surface area contributed by atoms with Crippen molar-refractivity contribution in [3.8, 4) is 0 Å². The van der Waals surface area contributed by atoms with E-state index in [1.165, 1.54) is 141 Å². The minimum absolute atomic E-state index is 0.0281. The molecule has 0 heterocycles. The molecule has 442 valence electrons. The molecule has 0 saturated heterocycles. The smallest absolute Gasteiger partial charge is 0.220 e. The summed E-state index contributed by atoms with van der Waals surface area (Å²) in [4.78, 5) is 74.0. The number of hydroxylamine groups is 3. The Labute approximate surface area is 462 Å². The highest BCUT2D eigenvalue weighted by Crippen LogP contribution is 2.14. The average molecular weight is 1060 g/mol. The molecular formula is C62H122N6O7. The van der Waals surface area contributed by atoms with Gasteiger partial charge >= 0.3 is 0 Å². The molecule has 0 unspecified atom stereocenters. The van der Waals surface area contributed by atoms with E-state index in [9.17, 15) is 34.0 Å². The Morgan fingerprint density at radius 3 is 0.907 bits per heavy atom. The van der Waals surface area contributed by atoms with Crippen molar-refractivity contribution >= 4 is 35.2 Å². The second kappa shape index (κ2) is 57.3. The van der Waals surface area contributed by atoms with Crippen molar-refractivity contribution in [3.05, 3.63) is 5.21 Å². The first kappa shape index (κ1) is 74.2. The topological polar surface area (TPSA) is 177 Å². The second-order valence-corrected chi connectivity index (χ2v) is 22.6. The van der Waals surface area contributed by atoms with Gasteiger partial charge < -0.3 is 36.0 Å². The number of hydrogen-bond donors (Lipinski definition) is 4. The third kappa shape index (κ3) is 65.3. The Balaban J connectivity index is 0. The van der Waals surface area contributed by atoms with Crippen molar-refractivity contribution in [1.82, 2.24) is 26.2 Å². The quantitative estimate of drug-likeness (QED) is 0.0264. The van der Waals surface area contributed by atoms with Crippen molar-refractivity contribution in [1.29, 1.82) is 0 Å². The van der Waals surface area contributed by atoms with Gasteiger partial charge in [-0.25, -0.2) is 0 Å². The van der Waals surface area contributed by atoms with E-state index in [0.29, 0.717) is 77.7 Å². The molecule has 0 aromatic heterocycles. The normalized spacial score (nSPS) is 11.3. The highest BCUT2D eigenvalue weighted by Gasteiger charge is 2.10. The lowest BCUT2D eigenvalue weighted by Crippen LogP contribution is -2.32. The summed E-state index contributed by atoms with van der Waals surface area (Å²) in [5.41, 5.74) is 0. The predicted octanol–water partition coefficient (Wildman–Crippen LogP) is 13.9. The first-order valence-corrected chi connectivity index (χ1v) is 31.5. The number of nitrogens with one attached hydrogen (secondary N) is 4. The van der Waals surface area contributed by atoms with Gasteiger partial charge in [0.2, 0.25) is 23.6 Å². The zero-order valence-corrected chi connectivity index (χ0v) is 50.1. The summed E-state index contributed by atoms with van der Waals surface area (Å²) in [6.07, 6.45) is 45.9. The van der Waals surface area contributed by atoms with E-state index in [4.69, 9.17) is 0 Å². The molecular weight excluding hydrogens is 941 g/mol. The molecule has 0 spiro atoms. The van der Waals surface area contributed by atoms with Crippen LogP contribution < -0.4 is 21.3 Å². The van der Waals surface area contributed by atoms with Crippen LogP contribution in [0.1, 0.15) is 296 Å². The predicted molar refractivity (Wildman–Crippen MR) is 315 cm³/mol. The second-order valence-electron chi connectivity index (χ2n) is 22.6. The summed E-state index contributed by atoms with van der Waals surface area (Å²) < 4.78 is -0.218. The Morgan fingerprint density at radius 2 is 0.587 bits per heavy atom. The Kier molecular flexibility index (Phi) is 56.6. The molecule has 0 aliphatic heterocycles. The maximum atomic E-state index is 12.0. The SMILES string of the molecule is CCCCCCCCCCCCCC(=O)NCCCC(=O)CCC(=O)NCCCCCCCCN(C)C.CCCCCCCCCCCCCC(=O)NCCCC(=O)CCC(=O)NCCCCCCCC[N+](C)(C)[O-]. The fourth-order valence-electron chi connectivity index (χ4n) is 9.08. The summed E-state index contributed by atoms with van der Waals surface area (Å²) in [5.74, 6) is 0.274. The monoisotopic (exact) mass is 1060 g/mol. The first-order valence-electron chi connectivity index (χ1n) is 31.5. The van der Waals surface area contributed by atoms with E-state index in [-0.39, 0.29) is 59.1 Å². The standard InChI is InChI=1S/C31H61N3O4.C31H61N3O3/c1-4-5-6-7-8-9-10-11-12-15-18-23-30(36)33-27-21-22-29(35)24-25-31(37)32-26-19-16-13-14-17-20-28-34(2,3)38;1-4-5-6-7-8-9-10-11-12-15-18-23-30(36)33-27-21-22-29(35)24-25-31(37)32-26-19-16-13-14-17-20-28-34(2)3/h4-28H2,1-3H3,(H,32,37)(H,33,36);4-28H2,1-3H3,(H,32,37)(H,33,36). The van der Waals surface area contributed by atoms with E-state index in [1.54, 1.807) is 14.1 Å². The molecule has 0 fully saturated rings. The maximum Gasteiger partial charge on any atom is 0.220 e. The van der Waals surface area contributed by atoms with Crippen LogP contribution in [-0.2, 0) is 28.8 Å². The third-order valence-electron chi connectivity index (χ3n) is 14.0. The summed E-state index contributed by atoms with van der Waals surface area (Å²) >= 11 is 0. The zero-order chi connectivity index (χ0) is 55.7. The van der Waals surface area contributed by atoms with Crippen LogP contribution in [0.4, 0.5) is 0 Å². The number of Topliss-reactive ketones (excluding diaryl/α,β-unsaturated/α-hetero) is 2. The lowest BCUT2D eigenvalue weighted by atomic mass is 10.1.